The molecule has 1 rings (SSSR count). The van der Waals surface area contributed by atoms with Crippen LogP contribution in [0.25, 0.3) is 0 Å². The zero-order valence-corrected chi connectivity index (χ0v) is 14.3. The SMILES string of the molecule is Cc1cc(S(N)(=O)=O)cc(C(=O)N(C)CC(C)(C)C)c1C. The summed E-state index contributed by atoms with van der Waals surface area (Å²) in [6, 6.07) is 2.85. The Bertz CT molecular complexity index is 658. The van der Waals surface area contributed by atoms with E-state index in [9.17, 15) is 13.2 Å². The molecule has 118 valence electrons. The van der Waals surface area contributed by atoms with Crippen LogP contribution in [0.5, 0.6) is 0 Å². The third-order valence-corrected chi connectivity index (χ3v) is 4.15. The van der Waals surface area contributed by atoms with Crippen molar-refractivity contribution in [3.05, 3.63) is 28.8 Å². The second-order valence-corrected chi connectivity index (χ2v) is 8.24. The van der Waals surface area contributed by atoms with Crippen LogP contribution in [0.1, 0.15) is 42.3 Å². The van der Waals surface area contributed by atoms with Crippen molar-refractivity contribution in [1.82, 2.24) is 4.90 Å². The molecule has 0 aliphatic carbocycles. The van der Waals surface area contributed by atoms with Gasteiger partial charge in [0.05, 0.1) is 4.90 Å². The number of primary sulfonamides is 1. The number of nitrogens with two attached hydrogens (primary N) is 1. The van der Waals surface area contributed by atoms with Crippen LogP contribution in [0.15, 0.2) is 17.0 Å². The van der Waals surface area contributed by atoms with Crippen molar-refractivity contribution in [2.45, 2.75) is 39.5 Å². The molecule has 21 heavy (non-hydrogen) atoms. The first-order valence-electron chi connectivity index (χ1n) is 6.72. The van der Waals surface area contributed by atoms with Crippen LogP contribution in [0.2, 0.25) is 0 Å². The predicted octanol–water partition coefficient (Wildman–Crippen LogP) is 2.07. The number of nitrogens with zero attached hydrogens (tertiary/aromatic N) is 1. The summed E-state index contributed by atoms with van der Waals surface area (Å²) in [6.07, 6.45) is 0. The quantitative estimate of drug-likeness (QED) is 0.927. The van der Waals surface area contributed by atoms with Crippen LogP contribution in [0.4, 0.5) is 0 Å². The van der Waals surface area contributed by atoms with E-state index in [4.69, 9.17) is 5.14 Å². The normalized spacial score (nSPS) is 12.3. The molecule has 0 atom stereocenters. The van der Waals surface area contributed by atoms with Crippen LogP contribution >= 0.6 is 0 Å². The fourth-order valence-electron chi connectivity index (χ4n) is 2.20. The average molecular weight is 312 g/mol. The minimum absolute atomic E-state index is 0.0295. The molecule has 6 heteroatoms. The van der Waals surface area contributed by atoms with E-state index in [1.807, 2.05) is 20.8 Å². The highest BCUT2D eigenvalue weighted by molar-refractivity contribution is 7.89. The van der Waals surface area contributed by atoms with Gasteiger partial charge in [-0.25, -0.2) is 13.6 Å². The molecule has 0 saturated carbocycles. The van der Waals surface area contributed by atoms with Gasteiger partial charge in [0.2, 0.25) is 10.0 Å². The Morgan fingerprint density at radius 2 is 1.76 bits per heavy atom. The van der Waals surface area contributed by atoms with Gasteiger partial charge in [-0.05, 0) is 42.5 Å². The van der Waals surface area contributed by atoms with Crippen molar-refractivity contribution in [1.29, 1.82) is 0 Å². The van der Waals surface area contributed by atoms with Gasteiger partial charge >= 0.3 is 0 Å². The van der Waals surface area contributed by atoms with Gasteiger partial charge in [0.1, 0.15) is 0 Å². The maximum atomic E-state index is 12.6. The predicted molar refractivity (Wildman–Crippen MR) is 83.7 cm³/mol. The molecule has 0 aliphatic heterocycles. The van der Waals surface area contributed by atoms with Gasteiger partial charge in [-0.3, -0.25) is 4.79 Å². The highest BCUT2D eigenvalue weighted by Gasteiger charge is 2.22. The van der Waals surface area contributed by atoms with Crippen LogP contribution in [0.3, 0.4) is 0 Å². The molecule has 0 heterocycles. The van der Waals surface area contributed by atoms with Crippen molar-refractivity contribution in [3.63, 3.8) is 0 Å². The zero-order valence-electron chi connectivity index (χ0n) is 13.5. The molecule has 5 nitrogen and oxygen atoms in total. The van der Waals surface area contributed by atoms with Gasteiger partial charge in [0.25, 0.3) is 5.91 Å². The molecule has 0 aromatic heterocycles. The molecule has 0 aliphatic rings. The Hall–Kier alpha value is -1.40. The highest BCUT2D eigenvalue weighted by Crippen LogP contribution is 2.22. The molecule has 2 N–H and O–H groups in total. The smallest absolute Gasteiger partial charge is 0.253 e. The van der Waals surface area contributed by atoms with E-state index in [1.54, 1.807) is 25.8 Å². The second-order valence-electron chi connectivity index (χ2n) is 6.68. The number of hydrogen-bond acceptors (Lipinski definition) is 3. The number of benzene rings is 1. The summed E-state index contributed by atoms with van der Waals surface area (Å²) >= 11 is 0. The molecule has 0 bridgehead atoms. The molecule has 0 saturated heterocycles. The first kappa shape index (κ1) is 17.7. The third-order valence-electron chi connectivity index (χ3n) is 3.26. The summed E-state index contributed by atoms with van der Waals surface area (Å²) in [6.45, 7) is 10.3. The maximum absolute atomic E-state index is 12.6. The monoisotopic (exact) mass is 312 g/mol. The summed E-state index contributed by atoms with van der Waals surface area (Å²) in [5, 5.41) is 5.17. The maximum Gasteiger partial charge on any atom is 0.253 e. The summed E-state index contributed by atoms with van der Waals surface area (Å²) in [5.74, 6) is -0.198. The number of carbonyl (C=O) groups is 1. The number of carbonyl (C=O) groups excluding carboxylic acids is 1. The number of aryl methyl sites for hydroxylation is 1. The Morgan fingerprint density at radius 1 is 1.24 bits per heavy atom. The summed E-state index contributed by atoms with van der Waals surface area (Å²) in [4.78, 5) is 14.1. The van der Waals surface area contributed by atoms with E-state index in [-0.39, 0.29) is 16.2 Å². The summed E-state index contributed by atoms with van der Waals surface area (Å²) in [5.41, 5.74) is 1.85. The third kappa shape index (κ3) is 4.54. The van der Waals surface area contributed by atoms with E-state index in [0.717, 1.165) is 11.1 Å². The van der Waals surface area contributed by atoms with Gasteiger partial charge in [-0.1, -0.05) is 20.8 Å². The summed E-state index contributed by atoms with van der Waals surface area (Å²) in [7, 11) is -2.12. The van der Waals surface area contributed by atoms with E-state index in [0.29, 0.717) is 12.1 Å². The molecule has 0 unspecified atom stereocenters. The first-order valence-corrected chi connectivity index (χ1v) is 8.27. The van der Waals surface area contributed by atoms with Crippen LogP contribution in [0, 0.1) is 19.3 Å². The molecular weight excluding hydrogens is 288 g/mol. The van der Waals surface area contributed by atoms with Gasteiger partial charge in [0, 0.05) is 19.2 Å². The van der Waals surface area contributed by atoms with Crippen molar-refractivity contribution >= 4 is 15.9 Å². The number of hydrogen-bond donors (Lipinski definition) is 1. The number of sulfonamides is 1. The van der Waals surface area contributed by atoms with Crippen molar-refractivity contribution < 1.29 is 13.2 Å². The number of amides is 1. The Balaban J connectivity index is 3.30. The first-order chi connectivity index (χ1) is 9.33. The second kappa shape index (κ2) is 5.77. The lowest BCUT2D eigenvalue weighted by atomic mass is 9.95. The lowest BCUT2D eigenvalue weighted by Gasteiger charge is -2.27. The fourth-order valence-corrected chi connectivity index (χ4v) is 2.82. The molecule has 0 spiro atoms. The average Bonchev–Trinajstić information content (AvgIpc) is 2.27. The van der Waals surface area contributed by atoms with Gasteiger partial charge in [-0.2, -0.15) is 0 Å². The molecule has 0 fully saturated rings. The zero-order chi connectivity index (χ0) is 16.6. The van der Waals surface area contributed by atoms with Crippen molar-refractivity contribution in [2.24, 2.45) is 10.6 Å². The van der Waals surface area contributed by atoms with E-state index < -0.39 is 10.0 Å². The molecule has 0 radical (unpaired) electrons. The topological polar surface area (TPSA) is 80.5 Å². The lowest BCUT2D eigenvalue weighted by molar-refractivity contribution is 0.0744. The minimum Gasteiger partial charge on any atom is -0.341 e. The summed E-state index contributed by atoms with van der Waals surface area (Å²) < 4.78 is 23.0. The van der Waals surface area contributed by atoms with Crippen molar-refractivity contribution in [2.75, 3.05) is 13.6 Å². The molecule has 1 amide bonds. The van der Waals surface area contributed by atoms with Gasteiger partial charge in [0.15, 0.2) is 0 Å². The minimum atomic E-state index is -3.83. The lowest BCUT2D eigenvalue weighted by Crippen LogP contribution is -2.35. The largest absolute Gasteiger partial charge is 0.341 e. The molecule has 1 aromatic carbocycles. The Labute approximate surface area is 127 Å². The Morgan fingerprint density at radius 3 is 2.19 bits per heavy atom. The number of rotatable bonds is 3. The highest BCUT2D eigenvalue weighted by atomic mass is 32.2. The standard InChI is InChI=1S/C15H24N2O3S/c1-10-7-12(21(16,19)20)8-13(11(10)2)14(18)17(6)9-15(3,4)5/h7-8H,9H2,1-6H3,(H2,16,19,20). The molecule has 1 aromatic rings. The van der Waals surface area contributed by atoms with E-state index in [2.05, 4.69) is 0 Å². The van der Waals surface area contributed by atoms with Crippen LogP contribution in [-0.4, -0.2) is 32.8 Å². The Kier molecular flexibility index (Phi) is 4.85. The van der Waals surface area contributed by atoms with Crippen LogP contribution in [-0.2, 0) is 10.0 Å². The van der Waals surface area contributed by atoms with Gasteiger partial charge in [-0.15, -0.1) is 0 Å². The van der Waals surface area contributed by atoms with Crippen molar-refractivity contribution in [3.8, 4) is 0 Å². The fraction of sp³-hybridized carbons (Fsp3) is 0.533. The van der Waals surface area contributed by atoms with E-state index in [1.165, 1.54) is 12.1 Å². The van der Waals surface area contributed by atoms with Crippen LogP contribution < -0.4 is 5.14 Å². The van der Waals surface area contributed by atoms with Gasteiger partial charge < -0.3 is 4.90 Å². The molecular formula is C15H24N2O3S. The van der Waals surface area contributed by atoms with E-state index >= 15 is 0 Å².